The number of rotatable bonds is 4. The number of fused-ring (bicyclic) bond motifs is 1. The van der Waals surface area contributed by atoms with Gasteiger partial charge in [0.1, 0.15) is 0 Å². The summed E-state index contributed by atoms with van der Waals surface area (Å²) >= 11 is 1.44. The van der Waals surface area contributed by atoms with Crippen LogP contribution in [0.5, 0.6) is 0 Å². The molecule has 1 amide bonds. The van der Waals surface area contributed by atoms with Crippen LogP contribution in [0.15, 0.2) is 43.0 Å². The monoisotopic (exact) mass is 335 g/mol. The minimum absolute atomic E-state index is 0.0531. The lowest BCUT2D eigenvalue weighted by Gasteiger charge is -2.26. The maximum atomic E-state index is 12.8. The minimum atomic E-state index is -3.02. The average molecular weight is 335 g/mol. The van der Waals surface area contributed by atoms with Crippen LogP contribution in [0.3, 0.4) is 0 Å². The van der Waals surface area contributed by atoms with Gasteiger partial charge in [0.2, 0.25) is 0 Å². The number of hydrogen-bond donors (Lipinski definition) is 0. The zero-order valence-corrected chi connectivity index (χ0v) is 13.7. The predicted octanol–water partition coefficient (Wildman–Crippen LogP) is 2.72. The van der Waals surface area contributed by atoms with E-state index in [1.54, 1.807) is 11.0 Å². The molecule has 1 fully saturated rings. The van der Waals surface area contributed by atoms with E-state index in [2.05, 4.69) is 6.58 Å². The molecule has 0 aliphatic carbocycles. The van der Waals surface area contributed by atoms with Crippen molar-refractivity contribution in [2.45, 2.75) is 12.5 Å². The van der Waals surface area contributed by atoms with E-state index < -0.39 is 9.84 Å². The number of nitrogens with zero attached hydrogens (tertiary/aromatic N) is 1. The van der Waals surface area contributed by atoms with E-state index >= 15 is 0 Å². The molecule has 0 radical (unpaired) electrons. The molecule has 0 N–H and O–H groups in total. The molecule has 4 nitrogen and oxygen atoms in total. The second-order valence-corrected chi connectivity index (χ2v) is 8.76. The third-order valence-corrected chi connectivity index (χ3v) is 6.73. The summed E-state index contributed by atoms with van der Waals surface area (Å²) in [5, 5.41) is 1.04. The van der Waals surface area contributed by atoms with Crippen LogP contribution in [0, 0.1) is 0 Å². The Hall–Kier alpha value is -1.66. The van der Waals surface area contributed by atoms with E-state index in [-0.39, 0.29) is 23.5 Å². The number of carbonyl (C=O) groups is 1. The first-order chi connectivity index (χ1) is 10.5. The lowest BCUT2D eigenvalue weighted by molar-refractivity contribution is 0.0725. The van der Waals surface area contributed by atoms with E-state index in [1.807, 2.05) is 30.3 Å². The summed E-state index contributed by atoms with van der Waals surface area (Å²) in [6.07, 6.45) is 2.16. The van der Waals surface area contributed by atoms with E-state index in [0.717, 1.165) is 10.1 Å². The second kappa shape index (κ2) is 5.85. The van der Waals surface area contributed by atoms with Crippen molar-refractivity contribution in [2.75, 3.05) is 18.1 Å². The summed E-state index contributed by atoms with van der Waals surface area (Å²) in [7, 11) is -3.02. The van der Waals surface area contributed by atoms with Crippen molar-refractivity contribution in [3.8, 4) is 0 Å². The Morgan fingerprint density at radius 3 is 2.82 bits per heavy atom. The molecule has 1 atom stereocenters. The molecule has 1 aromatic carbocycles. The molecule has 2 aromatic rings. The van der Waals surface area contributed by atoms with Gasteiger partial charge in [-0.15, -0.1) is 17.9 Å². The van der Waals surface area contributed by atoms with Gasteiger partial charge in [-0.25, -0.2) is 8.42 Å². The zero-order valence-electron chi connectivity index (χ0n) is 12.1. The third kappa shape index (κ3) is 2.94. The van der Waals surface area contributed by atoms with Crippen LogP contribution in [-0.2, 0) is 9.84 Å². The van der Waals surface area contributed by atoms with Crippen LogP contribution in [-0.4, -0.2) is 43.3 Å². The smallest absolute Gasteiger partial charge is 0.264 e. The van der Waals surface area contributed by atoms with Crippen LogP contribution in [0.2, 0.25) is 0 Å². The molecule has 1 aliphatic heterocycles. The first kappa shape index (κ1) is 15.2. The molecule has 3 rings (SSSR count). The van der Waals surface area contributed by atoms with Gasteiger partial charge in [0.15, 0.2) is 9.84 Å². The summed E-state index contributed by atoms with van der Waals surface area (Å²) in [4.78, 5) is 15.1. The fraction of sp³-hybridized carbons (Fsp3) is 0.312. The summed E-state index contributed by atoms with van der Waals surface area (Å²) in [5.41, 5.74) is 0. The van der Waals surface area contributed by atoms with Gasteiger partial charge in [0, 0.05) is 17.3 Å². The fourth-order valence-electron chi connectivity index (χ4n) is 2.79. The van der Waals surface area contributed by atoms with Crippen LogP contribution >= 0.6 is 11.3 Å². The normalized spacial score (nSPS) is 20.1. The summed E-state index contributed by atoms with van der Waals surface area (Å²) in [6.45, 7) is 4.06. The summed E-state index contributed by atoms with van der Waals surface area (Å²) in [5.74, 6) is 0.103. The number of carbonyl (C=O) groups excluding carboxylic acids is 1. The number of benzene rings is 1. The van der Waals surface area contributed by atoms with E-state index in [9.17, 15) is 13.2 Å². The standard InChI is InChI=1S/C16H17NO3S2/c1-2-8-17(13-7-9-22(19,20)11-13)16(18)15-10-12-5-3-4-6-14(12)21-15/h2-6,10,13H,1,7-9,11H2/t13-/m1/s1. The van der Waals surface area contributed by atoms with E-state index in [4.69, 9.17) is 0 Å². The molecule has 0 bridgehead atoms. The van der Waals surface area contributed by atoms with Crippen molar-refractivity contribution in [3.05, 3.63) is 47.9 Å². The van der Waals surface area contributed by atoms with Crippen molar-refractivity contribution in [1.29, 1.82) is 0 Å². The van der Waals surface area contributed by atoms with Crippen molar-refractivity contribution in [1.82, 2.24) is 4.90 Å². The topological polar surface area (TPSA) is 54.5 Å². The van der Waals surface area contributed by atoms with Crippen molar-refractivity contribution < 1.29 is 13.2 Å². The molecular formula is C16H17NO3S2. The van der Waals surface area contributed by atoms with Crippen LogP contribution in [0.25, 0.3) is 10.1 Å². The molecule has 2 heterocycles. The van der Waals surface area contributed by atoms with Crippen molar-refractivity contribution in [3.63, 3.8) is 0 Å². The van der Waals surface area contributed by atoms with Gasteiger partial charge in [-0.2, -0.15) is 0 Å². The minimum Gasteiger partial charge on any atom is -0.330 e. The van der Waals surface area contributed by atoms with Crippen LogP contribution < -0.4 is 0 Å². The number of thiophene rings is 1. The molecular weight excluding hydrogens is 318 g/mol. The highest BCUT2D eigenvalue weighted by atomic mass is 32.2. The average Bonchev–Trinajstić information content (AvgIpc) is 3.07. The SMILES string of the molecule is C=CCN(C(=O)c1cc2ccccc2s1)[C@@H]1CCS(=O)(=O)C1. The highest BCUT2D eigenvalue weighted by Crippen LogP contribution is 2.28. The first-order valence-electron chi connectivity index (χ1n) is 7.11. The van der Waals surface area contributed by atoms with Crippen molar-refractivity contribution >= 4 is 37.2 Å². The van der Waals surface area contributed by atoms with Gasteiger partial charge in [0.05, 0.1) is 16.4 Å². The van der Waals surface area contributed by atoms with Gasteiger partial charge in [-0.3, -0.25) is 4.79 Å². The molecule has 1 aromatic heterocycles. The quantitative estimate of drug-likeness (QED) is 0.807. The maximum absolute atomic E-state index is 12.8. The number of hydrogen-bond acceptors (Lipinski definition) is 4. The largest absolute Gasteiger partial charge is 0.330 e. The first-order valence-corrected chi connectivity index (χ1v) is 9.75. The molecule has 0 saturated carbocycles. The molecule has 1 aliphatic rings. The lowest BCUT2D eigenvalue weighted by atomic mass is 10.2. The molecule has 0 spiro atoms. The van der Waals surface area contributed by atoms with E-state index in [0.29, 0.717) is 17.8 Å². The Morgan fingerprint density at radius 2 is 2.18 bits per heavy atom. The molecule has 6 heteroatoms. The predicted molar refractivity (Wildman–Crippen MR) is 90.1 cm³/mol. The molecule has 116 valence electrons. The zero-order chi connectivity index (χ0) is 15.7. The Kier molecular flexibility index (Phi) is 4.06. The Bertz CT molecular complexity index is 790. The molecule has 1 saturated heterocycles. The van der Waals surface area contributed by atoms with Gasteiger partial charge in [-0.1, -0.05) is 24.3 Å². The van der Waals surface area contributed by atoms with E-state index in [1.165, 1.54) is 11.3 Å². The maximum Gasteiger partial charge on any atom is 0.264 e. The van der Waals surface area contributed by atoms with Crippen LogP contribution in [0.1, 0.15) is 16.1 Å². The molecule has 0 unspecified atom stereocenters. The van der Waals surface area contributed by atoms with Gasteiger partial charge in [0.25, 0.3) is 5.91 Å². The fourth-order valence-corrected chi connectivity index (χ4v) is 5.54. The molecule has 22 heavy (non-hydrogen) atoms. The van der Waals surface area contributed by atoms with Crippen LogP contribution in [0.4, 0.5) is 0 Å². The highest BCUT2D eigenvalue weighted by Gasteiger charge is 2.34. The van der Waals surface area contributed by atoms with Gasteiger partial charge >= 0.3 is 0 Å². The Balaban J connectivity index is 1.90. The lowest BCUT2D eigenvalue weighted by Crippen LogP contribution is -2.40. The second-order valence-electron chi connectivity index (χ2n) is 5.45. The summed E-state index contributed by atoms with van der Waals surface area (Å²) < 4.78 is 24.4. The summed E-state index contributed by atoms with van der Waals surface area (Å²) in [6, 6.07) is 9.46. The van der Waals surface area contributed by atoms with Gasteiger partial charge < -0.3 is 4.90 Å². The Labute approximate surface area is 134 Å². The Morgan fingerprint density at radius 1 is 1.41 bits per heavy atom. The number of sulfone groups is 1. The van der Waals surface area contributed by atoms with Gasteiger partial charge in [-0.05, 0) is 23.9 Å². The highest BCUT2D eigenvalue weighted by molar-refractivity contribution is 7.91. The van der Waals surface area contributed by atoms with Crippen molar-refractivity contribution in [2.24, 2.45) is 0 Å². The number of amides is 1. The third-order valence-electron chi connectivity index (χ3n) is 3.87.